The van der Waals surface area contributed by atoms with Gasteiger partial charge in [-0.15, -0.1) is 0 Å². The maximum absolute atomic E-state index is 12.4. The first-order chi connectivity index (χ1) is 10.1. The van der Waals surface area contributed by atoms with Crippen LogP contribution in [0, 0.1) is 0 Å². The molecule has 0 aliphatic carbocycles. The van der Waals surface area contributed by atoms with E-state index in [9.17, 15) is 31.1 Å². The molecule has 0 bridgehead atoms. The molecule has 0 spiro atoms. The van der Waals surface area contributed by atoms with Crippen LogP contribution in [0.15, 0.2) is 18.2 Å². The van der Waals surface area contributed by atoms with Gasteiger partial charge in [-0.2, -0.15) is 26.3 Å². The Morgan fingerprint density at radius 2 is 1.32 bits per heavy atom. The van der Waals surface area contributed by atoms with Gasteiger partial charge in [0.25, 0.3) is 0 Å². The highest BCUT2D eigenvalue weighted by Crippen LogP contribution is 2.36. The molecule has 0 radical (unpaired) electrons. The van der Waals surface area contributed by atoms with Gasteiger partial charge in [0.15, 0.2) is 0 Å². The second-order valence-corrected chi connectivity index (χ2v) is 3.41. The van der Waals surface area contributed by atoms with E-state index in [4.69, 9.17) is 5.11 Å². The molecule has 1 rings (SSSR count). The van der Waals surface area contributed by atoms with Gasteiger partial charge in [-0.25, -0.2) is 0 Å². The second-order valence-electron chi connectivity index (χ2n) is 3.41. The molecule has 0 unspecified atom stereocenters. The van der Waals surface area contributed by atoms with Crippen LogP contribution >= 0.6 is 0 Å². The third-order valence-electron chi connectivity index (χ3n) is 2.04. The van der Waals surface area contributed by atoms with Crippen molar-refractivity contribution in [2.75, 3.05) is 7.11 Å². The molecule has 3 nitrogen and oxygen atoms in total. The summed E-state index contributed by atoms with van der Waals surface area (Å²) in [5, 5.41) is 9.01. The van der Waals surface area contributed by atoms with Gasteiger partial charge >= 0.3 is 12.4 Å². The number of rotatable bonds is 3. The van der Waals surface area contributed by atoms with Crippen molar-refractivity contribution in [2.45, 2.75) is 32.7 Å². The summed E-state index contributed by atoms with van der Waals surface area (Å²) in [7, 11) is 1.00. The van der Waals surface area contributed by atoms with Crippen molar-refractivity contribution in [1.82, 2.24) is 5.32 Å². The maximum atomic E-state index is 12.4. The fourth-order valence-corrected chi connectivity index (χ4v) is 1.28. The van der Waals surface area contributed by atoms with E-state index in [1.165, 1.54) is 0 Å². The summed E-state index contributed by atoms with van der Waals surface area (Å²) in [6.45, 7) is 3.59. The zero-order valence-corrected chi connectivity index (χ0v) is 12.1. The van der Waals surface area contributed by atoms with Gasteiger partial charge in [0, 0.05) is 13.7 Å². The fourth-order valence-electron chi connectivity index (χ4n) is 1.28. The van der Waals surface area contributed by atoms with Crippen LogP contribution in [0.5, 0.6) is 0 Å². The number of carbonyl (C=O) groups excluding carboxylic acids is 1. The van der Waals surface area contributed by atoms with Gasteiger partial charge < -0.3 is 10.4 Å². The highest BCUT2D eigenvalue weighted by atomic mass is 19.4. The molecule has 1 aromatic carbocycles. The number of benzene rings is 1. The Kier molecular flexibility index (Phi) is 10.3. The van der Waals surface area contributed by atoms with Gasteiger partial charge in [-0.3, -0.25) is 4.79 Å². The largest absolute Gasteiger partial charge is 0.416 e. The zero-order valence-electron chi connectivity index (χ0n) is 12.1. The molecule has 0 saturated carbocycles. The lowest BCUT2D eigenvalue weighted by atomic mass is 10.0. The van der Waals surface area contributed by atoms with Crippen molar-refractivity contribution in [2.24, 2.45) is 0 Å². The molecule has 0 aliphatic rings. The minimum atomic E-state index is -4.88. The fraction of sp³-hybridized carbons (Fsp3) is 0.462. The van der Waals surface area contributed by atoms with E-state index in [2.05, 4.69) is 0 Å². The quantitative estimate of drug-likeness (QED) is 0.656. The Hall–Kier alpha value is -1.77. The van der Waals surface area contributed by atoms with E-state index in [1.54, 1.807) is 0 Å². The first-order valence-electron chi connectivity index (χ1n) is 6.04. The highest BCUT2D eigenvalue weighted by molar-refractivity contribution is 5.46. The number of aliphatic hydroxyl groups is 1. The van der Waals surface area contributed by atoms with E-state index in [0.29, 0.717) is 12.1 Å². The van der Waals surface area contributed by atoms with Crippen LogP contribution in [0.2, 0.25) is 0 Å². The molecule has 0 fully saturated rings. The van der Waals surface area contributed by atoms with Gasteiger partial charge in [-0.05, 0) is 23.8 Å². The van der Waals surface area contributed by atoms with E-state index in [1.807, 2.05) is 19.2 Å². The number of amides is 1. The lowest BCUT2D eigenvalue weighted by molar-refractivity contribution is -0.143. The Morgan fingerprint density at radius 3 is 1.59 bits per heavy atom. The first-order valence-corrected chi connectivity index (χ1v) is 6.04. The Morgan fingerprint density at radius 1 is 0.955 bits per heavy atom. The third-order valence-corrected chi connectivity index (χ3v) is 2.04. The van der Waals surface area contributed by atoms with Crippen LogP contribution in [-0.4, -0.2) is 18.6 Å². The predicted octanol–water partition coefficient (Wildman–Crippen LogP) is 3.60. The molecule has 1 amide bonds. The summed E-state index contributed by atoms with van der Waals surface area (Å²) in [4.78, 5) is 9.99. The summed E-state index contributed by atoms with van der Waals surface area (Å²) >= 11 is 0. The van der Waals surface area contributed by atoms with E-state index >= 15 is 0 Å². The van der Waals surface area contributed by atoms with E-state index in [0.717, 1.165) is 7.11 Å². The van der Waals surface area contributed by atoms with E-state index < -0.39 is 30.0 Å². The predicted molar refractivity (Wildman–Crippen MR) is 68.8 cm³/mol. The molecular weight excluding hydrogens is 316 g/mol. The molecule has 0 atom stereocenters. The Labute approximate surface area is 123 Å². The van der Waals surface area contributed by atoms with Crippen molar-refractivity contribution in [1.29, 1.82) is 0 Å². The summed E-state index contributed by atoms with van der Waals surface area (Å²) in [5.41, 5.74) is -3.08. The first kappa shape index (κ1) is 22.5. The monoisotopic (exact) mass is 333 g/mol. The molecule has 0 aliphatic heterocycles. The number of hydrogen-bond acceptors (Lipinski definition) is 2. The maximum Gasteiger partial charge on any atom is 0.416 e. The summed E-state index contributed by atoms with van der Waals surface area (Å²) in [6, 6.07) is 1.15. The third kappa shape index (κ3) is 7.87. The molecule has 1 aromatic rings. The Balaban J connectivity index is 0. The molecular formula is C13H17F6NO2. The Bertz CT molecular complexity index is 411. The number of halogens is 6. The van der Waals surface area contributed by atoms with Crippen LogP contribution in [0.3, 0.4) is 0 Å². The van der Waals surface area contributed by atoms with Crippen LogP contribution in [0.1, 0.15) is 30.5 Å². The standard InChI is InChI=1S/C10H7F6NO.C2H6.CH4O/c11-9(12,13)7-1-6(4-17-5-18)2-8(3-7)10(14,15)16;2*1-2/h1-3,5H,4H2,(H,17,18);1-2H3;2H,1H3. The van der Waals surface area contributed by atoms with Crippen LogP contribution in [-0.2, 0) is 23.7 Å². The average Bonchev–Trinajstić information content (AvgIpc) is 2.47. The van der Waals surface area contributed by atoms with Gasteiger partial charge in [-0.1, -0.05) is 13.8 Å². The normalized spacial score (nSPS) is 10.6. The van der Waals surface area contributed by atoms with Gasteiger partial charge in [0.1, 0.15) is 0 Å². The number of hydrogen-bond donors (Lipinski definition) is 2. The van der Waals surface area contributed by atoms with Crippen LogP contribution in [0.25, 0.3) is 0 Å². The molecule has 9 heteroatoms. The van der Waals surface area contributed by atoms with Crippen molar-refractivity contribution in [3.8, 4) is 0 Å². The number of carbonyl (C=O) groups is 1. The lowest BCUT2D eigenvalue weighted by Gasteiger charge is -2.13. The summed E-state index contributed by atoms with van der Waals surface area (Å²) in [5.74, 6) is 0. The second kappa shape index (κ2) is 10.0. The van der Waals surface area contributed by atoms with Crippen molar-refractivity contribution in [3.63, 3.8) is 0 Å². The van der Waals surface area contributed by atoms with Crippen molar-refractivity contribution >= 4 is 6.41 Å². The van der Waals surface area contributed by atoms with Crippen molar-refractivity contribution in [3.05, 3.63) is 34.9 Å². The molecule has 0 heterocycles. The topological polar surface area (TPSA) is 49.3 Å². The highest BCUT2D eigenvalue weighted by Gasteiger charge is 2.36. The molecule has 22 heavy (non-hydrogen) atoms. The summed E-state index contributed by atoms with van der Waals surface area (Å²) in [6.07, 6.45) is -9.57. The summed E-state index contributed by atoms with van der Waals surface area (Å²) < 4.78 is 74.4. The smallest absolute Gasteiger partial charge is 0.400 e. The number of nitrogens with one attached hydrogen (secondary N) is 1. The van der Waals surface area contributed by atoms with Crippen LogP contribution < -0.4 is 5.32 Å². The minimum Gasteiger partial charge on any atom is -0.400 e. The molecule has 0 saturated heterocycles. The molecule has 2 N–H and O–H groups in total. The van der Waals surface area contributed by atoms with Crippen molar-refractivity contribution < 1.29 is 36.2 Å². The van der Waals surface area contributed by atoms with Crippen LogP contribution in [0.4, 0.5) is 26.3 Å². The van der Waals surface area contributed by atoms with Gasteiger partial charge in [0.2, 0.25) is 6.41 Å². The number of alkyl halides is 6. The number of aliphatic hydroxyl groups excluding tert-OH is 1. The van der Waals surface area contributed by atoms with E-state index in [-0.39, 0.29) is 18.0 Å². The molecule has 128 valence electrons. The minimum absolute atomic E-state index is 0.0322. The lowest BCUT2D eigenvalue weighted by Crippen LogP contribution is -2.15. The van der Waals surface area contributed by atoms with Gasteiger partial charge in [0.05, 0.1) is 11.1 Å². The molecule has 0 aromatic heterocycles. The zero-order chi connectivity index (χ0) is 18.0. The average molecular weight is 333 g/mol. The SMILES string of the molecule is CC.CO.O=CNCc1cc(C(F)(F)F)cc(C(F)(F)F)c1.